The van der Waals surface area contributed by atoms with E-state index in [-0.39, 0.29) is 5.82 Å². The molecule has 0 radical (unpaired) electrons. The van der Waals surface area contributed by atoms with Crippen LogP contribution in [0.15, 0.2) is 30.6 Å². The highest BCUT2D eigenvalue weighted by Gasteiger charge is 2.09. The maximum Gasteiger partial charge on any atom is 0.123 e. The lowest BCUT2D eigenvalue weighted by molar-refractivity contribution is 0.625. The van der Waals surface area contributed by atoms with Crippen molar-refractivity contribution in [3.63, 3.8) is 0 Å². The lowest BCUT2D eigenvalue weighted by atomic mass is 10.1. The summed E-state index contributed by atoms with van der Waals surface area (Å²) < 4.78 is 14.9. The van der Waals surface area contributed by atoms with Crippen molar-refractivity contribution in [3.05, 3.63) is 47.5 Å². The first-order valence-electron chi connectivity index (χ1n) is 5.77. The van der Waals surface area contributed by atoms with Crippen LogP contribution in [0.4, 0.5) is 10.1 Å². The molecule has 0 saturated carbocycles. The molecule has 96 valence electrons. The molecule has 0 atom stereocenters. The van der Waals surface area contributed by atoms with E-state index in [1.165, 1.54) is 12.1 Å². The smallest absolute Gasteiger partial charge is 0.123 e. The Kier molecular flexibility index (Phi) is 3.62. The van der Waals surface area contributed by atoms with Gasteiger partial charge in [0.15, 0.2) is 0 Å². The normalized spacial score (nSPS) is 10.7. The molecule has 1 aromatic carbocycles. The summed E-state index contributed by atoms with van der Waals surface area (Å²) in [5, 5.41) is 4.13. The Labute approximate surface area is 106 Å². The molecule has 2 rings (SSSR count). The van der Waals surface area contributed by atoms with Gasteiger partial charge in [0, 0.05) is 44.6 Å². The van der Waals surface area contributed by atoms with Crippen molar-refractivity contribution in [3.8, 4) is 0 Å². The Balaban J connectivity index is 2.20. The predicted octanol–water partition coefficient (Wildman–Crippen LogP) is 1.65. The molecular formula is C13H17FN4. The van der Waals surface area contributed by atoms with Gasteiger partial charge in [-0.15, -0.1) is 0 Å². The topological polar surface area (TPSA) is 47.1 Å². The Morgan fingerprint density at radius 2 is 2.22 bits per heavy atom. The van der Waals surface area contributed by atoms with Gasteiger partial charge in [-0.1, -0.05) is 0 Å². The van der Waals surface area contributed by atoms with Crippen molar-refractivity contribution >= 4 is 5.69 Å². The Bertz CT molecular complexity index is 536. The van der Waals surface area contributed by atoms with Crippen molar-refractivity contribution < 1.29 is 4.39 Å². The zero-order valence-electron chi connectivity index (χ0n) is 10.6. The van der Waals surface area contributed by atoms with Gasteiger partial charge in [0.05, 0.1) is 6.20 Å². The molecule has 0 bridgehead atoms. The van der Waals surface area contributed by atoms with Crippen molar-refractivity contribution in [1.82, 2.24) is 9.78 Å². The Morgan fingerprint density at radius 1 is 1.44 bits per heavy atom. The number of nitrogens with zero attached hydrogens (tertiary/aromatic N) is 3. The number of nitrogens with two attached hydrogens (primary N) is 1. The van der Waals surface area contributed by atoms with Gasteiger partial charge in [0.25, 0.3) is 0 Å². The van der Waals surface area contributed by atoms with Gasteiger partial charge in [-0.25, -0.2) is 4.39 Å². The summed E-state index contributed by atoms with van der Waals surface area (Å²) in [6.07, 6.45) is 3.78. The second-order valence-electron chi connectivity index (χ2n) is 4.36. The fraction of sp³-hybridized carbons (Fsp3) is 0.308. The van der Waals surface area contributed by atoms with Gasteiger partial charge < -0.3 is 10.6 Å². The molecule has 0 fully saturated rings. The summed E-state index contributed by atoms with van der Waals surface area (Å²) >= 11 is 0. The maximum absolute atomic E-state index is 13.1. The first-order valence-corrected chi connectivity index (χ1v) is 5.77. The van der Waals surface area contributed by atoms with Crippen molar-refractivity contribution in [2.75, 3.05) is 11.9 Å². The number of aryl methyl sites for hydroxylation is 1. The number of rotatable bonds is 4. The summed E-state index contributed by atoms with van der Waals surface area (Å²) in [5.74, 6) is -0.256. The quantitative estimate of drug-likeness (QED) is 0.895. The van der Waals surface area contributed by atoms with E-state index in [0.29, 0.717) is 13.1 Å². The molecule has 0 saturated heterocycles. The zero-order valence-corrected chi connectivity index (χ0v) is 10.6. The highest BCUT2D eigenvalue weighted by molar-refractivity contribution is 5.53. The van der Waals surface area contributed by atoms with Crippen LogP contribution >= 0.6 is 0 Å². The monoisotopic (exact) mass is 248 g/mol. The molecule has 0 aliphatic carbocycles. The minimum absolute atomic E-state index is 0.256. The third-order valence-electron chi connectivity index (χ3n) is 2.85. The molecule has 2 aromatic rings. The van der Waals surface area contributed by atoms with E-state index in [1.54, 1.807) is 10.7 Å². The Morgan fingerprint density at radius 3 is 2.83 bits per heavy atom. The van der Waals surface area contributed by atoms with Gasteiger partial charge in [-0.2, -0.15) is 5.10 Å². The summed E-state index contributed by atoms with van der Waals surface area (Å²) in [4.78, 5) is 2.04. The van der Waals surface area contributed by atoms with Crippen molar-refractivity contribution in [2.45, 2.75) is 13.1 Å². The minimum Gasteiger partial charge on any atom is -0.370 e. The van der Waals surface area contributed by atoms with Gasteiger partial charge in [-0.3, -0.25) is 4.68 Å². The number of anilines is 1. The van der Waals surface area contributed by atoms with Gasteiger partial charge in [0.2, 0.25) is 0 Å². The second-order valence-corrected chi connectivity index (χ2v) is 4.36. The molecule has 5 heteroatoms. The SMILES string of the molecule is CN(Cc1cnn(C)c1)c1ccc(F)cc1CN. The van der Waals surface area contributed by atoms with Crippen LogP contribution in [0.25, 0.3) is 0 Å². The van der Waals surface area contributed by atoms with Crippen LogP contribution in [0.5, 0.6) is 0 Å². The molecular weight excluding hydrogens is 231 g/mol. The summed E-state index contributed by atoms with van der Waals surface area (Å²) in [6.45, 7) is 1.04. The standard InChI is InChI=1S/C13H17FN4/c1-17(8-10-7-16-18(2)9-10)13-4-3-12(14)5-11(13)6-15/h3-5,7,9H,6,8,15H2,1-2H3. The number of benzene rings is 1. The first kappa shape index (κ1) is 12.6. The van der Waals surface area contributed by atoms with Crippen LogP contribution in [0.2, 0.25) is 0 Å². The van der Waals surface area contributed by atoms with E-state index in [0.717, 1.165) is 16.8 Å². The minimum atomic E-state index is -0.256. The van der Waals surface area contributed by atoms with Crippen LogP contribution in [0, 0.1) is 5.82 Å². The molecule has 2 N–H and O–H groups in total. The molecule has 4 nitrogen and oxygen atoms in total. The summed E-state index contributed by atoms with van der Waals surface area (Å²) in [7, 11) is 3.84. The number of hydrogen-bond acceptors (Lipinski definition) is 3. The largest absolute Gasteiger partial charge is 0.370 e. The van der Waals surface area contributed by atoms with Crippen LogP contribution in [0.1, 0.15) is 11.1 Å². The van der Waals surface area contributed by atoms with E-state index in [2.05, 4.69) is 5.10 Å². The maximum atomic E-state index is 13.1. The average Bonchev–Trinajstić information content (AvgIpc) is 2.74. The highest BCUT2D eigenvalue weighted by Crippen LogP contribution is 2.21. The highest BCUT2D eigenvalue weighted by atomic mass is 19.1. The summed E-state index contributed by atoms with van der Waals surface area (Å²) in [5.41, 5.74) is 8.50. The van der Waals surface area contributed by atoms with Gasteiger partial charge in [-0.05, 0) is 23.8 Å². The number of halogens is 1. The van der Waals surface area contributed by atoms with E-state index in [1.807, 2.05) is 31.4 Å². The fourth-order valence-electron chi connectivity index (χ4n) is 2.00. The van der Waals surface area contributed by atoms with Crippen LogP contribution in [-0.4, -0.2) is 16.8 Å². The Hall–Kier alpha value is -1.88. The third kappa shape index (κ3) is 2.68. The first-order chi connectivity index (χ1) is 8.60. The van der Waals surface area contributed by atoms with E-state index < -0.39 is 0 Å². The van der Waals surface area contributed by atoms with E-state index in [4.69, 9.17) is 5.73 Å². The van der Waals surface area contributed by atoms with Crippen molar-refractivity contribution in [1.29, 1.82) is 0 Å². The summed E-state index contributed by atoms with van der Waals surface area (Å²) in [6, 6.07) is 4.69. The van der Waals surface area contributed by atoms with E-state index in [9.17, 15) is 4.39 Å². The second kappa shape index (κ2) is 5.18. The molecule has 1 heterocycles. The van der Waals surface area contributed by atoms with Crippen LogP contribution < -0.4 is 10.6 Å². The lowest BCUT2D eigenvalue weighted by Gasteiger charge is -2.21. The fourth-order valence-corrected chi connectivity index (χ4v) is 2.00. The van der Waals surface area contributed by atoms with Gasteiger partial charge >= 0.3 is 0 Å². The number of aromatic nitrogens is 2. The van der Waals surface area contributed by atoms with Crippen LogP contribution in [0.3, 0.4) is 0 Å². The van der Waals surface area contributed by atoms with Crippen molar-refractivity contribution in [2.24, 2.45) is 12.8 Å². The molecule has 0 spiro atoms. The average molecular weight is 248 g/mol. The predicted molar refractivity (Wildman–Crippen MR) is 69.6 cm³/mol. The number of hydrogen-bond donors (Lipinski definition) is 1. The van der Waals surface area contributed by atoms with Gasteiger partial charge in [0.1, 0.15) is 5.82 Å². The molecule has 18 heavy (non-hydrogen) atoms. The zero-order chi connectivity index (χ0) is 13.1. The molecule has 0 unspecified atom stereocenters. The molecule has 1 aromatic heterocycles. The van der Waals surface area contributed by atoms with Crippen LogP contribution in [-0.2, 0) is 20.1 Å². The molecule has 0 aliphatic rings. The third-order valence-corrected chi connectivity index (χ3v) is 2.85. The molecule has 0 amide bonds. The van der Waals surface area contributed by atoms with E-state index >= 15 is 0 Å². The molecule has 0 aliphatic heterocycles. The lowest BCUT2D eigenvalue weighted by Crippen LogP contribution is -2.18.